The molecular formula is C25H28FN9. The lowest BCUT2D eigenvalue weighted by Crippen LogP contribution is -2.42. The van der Waals surface area contributed by atoms with Gasteiger partial charge in [0.15, 0.2) is 11.6 Å². The maximum absolute atomic E-state index is 15.1. The first kappa shape index (κ1) is 21.9. The van der Waals surface area contributed by atoms with Gasteiger partial charge in [-0.05, 0) is 49.1 Å². The van der Waals surface area contributed by atoms with Crippen LogP contribution in [-0.2, 0) is 6.54 Å². The lowest BCUT2D eigenvalue weighted by molar-refractivity contribution is 0.233. The number of aromatic nitrogens is 5. The molecule has 4 N–H and O–H groups in total. The Morgan fingerprint density at radius 1 is 1.06 bits per heavy atom. The molecule has 0 unspecified atom stereocenters. The van der Waals surface area contributed by atoms with Gasteiger partial charge in [0, 0.05) is 50.5 Å². The van der Waals surface area contributed by atoms with Crippen molar-refractivity contribution in [3.8, 4) is 11.3 Å². The van der Waals surface area contributed by atoms with Crippen molar-refractivity contribution >= 4 is 28.6 Å². The Kier molecular flexibility index (Phi) is 5.97. The molecule has 1 saturated heterocycles. The van der Waals surface area contributed by atoms with E-state index < -0.39 is 5.82 Å². The molecule has 2 aliphatic rings. The molecule has 4 aromatic rings. The van der Waals surface area contributed by atoms with Crippen molar-refractivity contribution in [3.63, 3.8) is 0 Å². The summed E-state index contributed by atoms with van der Waals surface area (Å²) in [6.07, 6.45) is 6.47. The topological polar surface area (TPSA) is 107 Å². The van der Waals surface area contributed by atoms with Gasteiger partial charge in [0.2, 0.25) is 5.95 Å². The molecular weight excluding hydrogens is 445 g/mol. The Balaban J connectivity index is 1.20. The number of rotatable bonds is 7. The molecule has 0 atom stereocenters. The maximum Gasteiger partial charge on any atom is 0.206 e. The minimum absolute atomic E-state index is 0.263. The zero-order valence-corrected chi connectivity index (χ0v) is 19.4. The summed E-state index contributed by atoms with van der Waals surface area (Å²) in [6.45, 7) is 5.03. The maximum atomic E-state index is 15.1. The molecule has 6 rings (SSSR count). The minimum atomic E-state index is -0.429. The van der Waals surface area contributed by atoms with Crippen molar-refractivity contribution in [1.29, 1.82) is 0 Å². The second-order valence-corrected chi connectivity index (χ2v) is 9.17. The van der Waals surface area contributed by atoms with E-state index >= 15 is 4.39 Å². The highest BCUT2D eigenvalue weighted by atomic mass is 19.1. The highest BCUT2D eigenvalue weighted by molar-refractivity contribution is 5.83. The second kappa shape index (κ2) is 9.55. The largest absolute Gasteiger partial charge is 0.365 e. The third-order valence-electron chi connectivity index (χ3n) is 6.68. The van der Waals surface area contributed by atoms with Crippen LogP contribution in [0.1, 0.15) is 24.8 Å². The lowest BCUT2D eigenvalue weighted by atomic mass is 9.93. The van der Waals surface area contributed by atoms with Gasteiger partial charge in [0.25, 0.3) is 0 Å². The van der Waals surface area contributed by atoms with E-state index in [1.807, 2.05) is 36.5 Å². The molecule has 1 aliphatic carbocycles. The van der Waals surface area contributed by atoms with E-state index in [9.17, 15) is 0 Å². The van der Waals surface area contributed by atoms with Crippen molar-refractivity contribution in [1.82, 2.24) is 35.1 Å². The number of nitrogens with one attached hydrogen (secondary N) is 4. The zero-order chi connectivity index (χ0) is 23.6. The molecule has 180 valence electrons. The SMILES string of the molecule is Fc1c(NC2CCC2)ncnc1-c1ccc2nc(Nc3cc(CN4CCNCC4)ccn3)[nH]c2c1. The van der Waals surface area contributed by atoms with Crippen LogP contribution in [0.25, 0.3) is 22.3 Å². The van der Waals surface area contributed by atoms with Crippen molar-refractivity contribution in [3.05, 3.63) is 54.2 Å². The number of nitrogens with zero attached hydrogens (tertiary/aromatic N) is 5. The van der Waals surface area contributed by atoms with Crippen LogP contribution in [0.15, 0.2) is 42.9 Å². The van der Waals surface area contributed by atoms with E-state index in [1.165, 1.54) is 18.3 Å². The number of piperazine rings is 1. The number of hydrogen-bond donors (Lipinski definition) is 4. The van der Waals surface area contributed by atoms with Crippen LogP contribution in [0.4, 0.5) is 22.0 Å². The third-order valence-corrected chi connectivity index (χ3v) is 6.68. The summed E-state index contributed by atoms with van der Waals surface area (Å²) < 4.78 is 15.1. The molecule has 0 radical (unpaired) electrons. The van der Waals surface area contributed by atoms with Crippen LogP contribution >= 0.6 is 0 Å². The molecule has 3 aromatic heterocycles. The zero-order valence-electron chi connectivity index (χ0n) is 19.4. The molecule has 4 heterocycles. The van der Waals surface area contributed by atoms with Gasteiger partial charge in [-0.15, -0.1) is 0 Å². The summed E-state index contributed by atoms with van der Waals surface area (Å²) in [6, 6.07) is 9.94. The summed E-state index contributed by atoms with van der Waals surface area (Å²) in [5, 5.41) is 9.83. The van der Waals surface area contributed by atoms with Crippen molar-refractivity contribution in [2.75, 3.05) is 36.8 Å². The first-order valence-corrected chi connectivity index (χ1v) is 12.1. The van der Waals surface area contributed by atoms with Gasteiger partial charge in [0.1, 0.15) is 17.8 Å². The number of halogens is 1. The number of aromatic amines is 1. The van der Waals surface area contributed by atoms with Crippen LogP contribution in [-0.4, -0.2) is 62.0 Å². The normalized spacial score (nSPS) is 16.8. The van der Waals surface area contributed by atoms with Gasteiger partial charge in [-0.1, -0.05) is 6.07 Å². The van der Waals surface area contributed by atoms with Crippen molar-refractivity contribution in [2.45, 2.75) is 31.8 Å². The average molecular weight is 474 g/mol. The number of anilines is 3. The highest BCUT2D eigenvalue weighted by Gasteiger charge is 2.21. The number of imidazole rings is 1. The van der Waals surface area contributed by atoms with Crippen molar-refractivity contribution < 1.29 is 4.39 Å². The number of pyridine rings is 1. The molecule has 10 heteroatoms. The lowest BCUT2D eigenvalue weighted by Gasteiger charge is -2.27. The van der Waals surface area contributed by atoms with E-state index in [0.29, 0.717) is 17.6 Å². The fourth-order valence-electron chi connectivity index (χ4n) is 4.52. The smallest absolute Gasteiger partial charge is 0.206 e. The Morgan fingerprint density at radius 3 is 2.77 bits per heavy atom. The predicted molar refractivity (Wildman–Crippen MR) is 134 cm³/mol. The monoisotopic (exact) mass is 473 g/mol. The molecule has 9 nitrogen and oxygen atoms in total. The summed E-state index contributed by atoms with van der Waals surface area (Å²) in [7, 11) is 0. The highest BCUT2D eigenvalue weighted by Crippen LogP contribution is 2.29. The molecule has 0 amide bonds. The summed E-state index contributed by atoms with van der Waals surface area (Å²) in [4.78, 5) is 23.1. The van der Waals surface area contributed by atoms with Gasteiger partial charge in [0.05, 0.1) is 11.0 Å². The fraction of sp³-hybridized carbons (Fsp3) is 0.360. The first-order valence-electron chi connectivity index (χ1n) is 12.1. The first-order chi connectivity index (χ1) is 17.2. The number of benzene rings is 1. The molecule has 2 fully saturated rings. The van der Waals surface area contributed by atoms with Crippen molar-refractivity contribution in [2.24, 2.45) is 0 Å². The second-order valence-electron chi connectivity index (χ2n) is 9.17. The third kappa shape index (κ3) is 4.80. The quantitative estimate of drug-likeness (QED) is 0.322. The summed E-state index contributed by atoms with van der Waals surface area (Å²) in [5.74, 6) is 1.14. The minimum Gasteiger partial charge on any atom is -0.365 e. The van der Waals surface area contributed by atoms with Crippen LogP contribution in [0, 0.1) is 5.82 Å². The molecule has 35 heavy (non-hydrogen) atoms. The van der Waals surface area contributed by atoms with E-state index in [4.69, 9.17) is 0 Å². The number of hydrogen-bond acceptors (Lipinski definition) is 8. The molecule has 0 spiro atoms. The predicted octanol–water partition coefficient (Wildman–Crippen LogP) is 3.67. The Morgan fingerprint density at radius 2 is 1.94 bits per heavy atom. The Labute approximate surface area is 202 Å². The van der Waals surface area contributed by atoms with Crippen LogP contribution in [0.5, 0.6) is 0 Å². The van der Waals surface area contributed by atoms with E-state index in [1.54, 1.807) is 0 Å². The number of H-pyrrole nitrogens is 1. The molecule has 1 aliphatic heterocycles. The Hall–Kier alpha value is -3.63. The average Bonchev–Trinajstić information content (AvgIpc) is 3.24. The van der Waals surface area contributed by atoms with E-state index in [2.05, 4.69) is 45.8 Å². The molecule has 0 bridgehead atoms. The van der Waals surface area contributed by atoms with Gasteiger partial charge in [-0.2, -0.15) is 0 Å². The van der Waals surface area contributed by atoms with Gasteiger partial charge >= 0.3 is 0 Å². The summed E-state index contributed by atoms with van der Waals surface area (Å²) in [5.41, 5.74) is 3.70. The standard InChI is InChI=1S/C25H28FN9/c26-22-23(29-15-30-24(22)31-18-2-1-3-18)17-4-5-19-20(13-17)33-25(32-19)34-21-12-16(6-7-28-21)14-35-10-8-27-9-11-35/h4-7,12-13,15,18,27H,1-3,8-11,14H2,(H,29,30,31)(H2,28,32,33,34). The summed E-state index contributed by atoms with van der Waals surface area (Å²) >= 11 is 0. The van der Waals surface area contributed by atoms with Gasteiger partial charge in [-0.25, -0.2) is 24.3 Å². The van der Waals surface area contributed by atoms with Crippen LogP contribution < -0.4 is 16.0 Å². The fourth-order valence-corrected chi connectivity index (χ4v) is 4.52. The van der Waals surface area contributed by atoms with Gasteiger partial charge in [-0.3, -0.25) is 4.90 Å². The van der Waals surface area contributed by atoms with Crippen LogP contribution in [0.2, 0.25) is 0 Å². The van der Waals surface area contributed by atoms with E-state index in [-0.39, 0.29) is 11.5 Å². The molecule has 1 aromatic carbocycles. The number of fused-ring (bicyclic) bond motifs is 1. The molecule has 1 saturated carbocycles. The van der Waals surface area contributed by atoms with E-state index in [0.717, 1.165) is 62.4 Å². The van der Waals surface area contributed by atoms with Crippen LogP contribution in [0.3, 0.4) is 0 Å². The Bertz CT molecular complexity index is 1330. The van der Waals surface area contributed by atoms with Gasteiger partial charge < -0.3 is 20.9 Å².